The Morgan fingerprint density at radius 1 is 1.08 bits per heavy atom. The number of amides is 2. The minimum absolute atomic E-state index is 0.171. The normalized spacial score (nSPS) is 10.1. The molecule has 0 unspecified atom stereocenters. The van der Waals surface area contributed by atoms with E-state index in [2.05, 4.69) is 5.32 Å². The molecule has 0 radical (unpaired) electrons. The van der Waals surface area contributed by atoms with E-state index in [1.54, 1.807) is 42.5 Å². The van der Waals surface area contributed by atoms with Crippen LogP contribution in [0.4, 0.5) is 5.69 Å². The van der Waals surface area contributed by atoms with Crippen LogP contribution in [-0.4, -0.2) is 25.5 Å². The lowest BCUT2D eigenvalue weighted by Crippen LogP contribution is -2.14. The van der Waals surface area contributed by atoms with Gasteiger partial charge in [0.15, 0.2) is 11.5 Å². The van der Waals surface area contributed by atoms with Gasteiger partial charge in [-0.2, -0.15) is 0 Å². The second-order valence-electron chi connectivity index (χ2n) is 5.09. The number of nitrogens with two attached hydrogens (primary N) is 1. The molecule has 0 aliphatic rings. The monoisotopic (exact) mass is 328 g/mol. The van der Waals surface area contributed by atoms with Crippen LogP contribution in [0.2, 0.25) is 0 Å². The smallest absolute Gasteiger partial charge is 0.255 e. The minimum atomic E-state index is -0.395. The molecular weight excluding hydrogens is 308 g/mol. The summed E-state index contributed by atoms with van der Waals surface area (Å²) in [6.07, 6.45) is 0.171. The van der Waals surface area contributed by atoms with Crippen LogP contribution in [0.5, 0.6) is 11.5 Å². The van der Waals surface area contributed by atoms with Gasteiger partial charge in [-0.25, -0.2) is 0 Å². The maximum atomic E-state index is 12.3. The molecule has 126 valence electrons. The predicted octanol–water partition coefficient (Wildman–Crippen LogP) is 2.37. The summed E-state index contributed by atoms with van der Waals surface area (Å²) in [5.41, 5.74) is 7.03. The lowest BCUT2D eigenvalue weighted by atomic mass is 10.1. The lowest BCUT2D eigenvalue weighted by Gasteiger charge is -2.11. The summed E-state index contributed by atoms with van der Waals surface area (Å²) in [6, 6.07) is 11.9. The van der Waals surface area contributed by atoms with Crippen LogP contribution in [0.15, 0.2) is 42.5 Å². The van der Waals surface area contributed by atoms with Gasteiger partial charge in [0.25, 0.3) is 5.91 Å². The first-order valence-electron chi connectivity index (χ1n) is 7.53. The number of carbonyl (C=O) groups excluding carboxylic acids is 2. The first-order chi connectivity index (χ1) is 11.5. The maximum Gasteiger partial charge on any atom is 0.255 e. The summed E-state index contributed by atoms with van der Waals surface area (Å²) in [6.45, 7) is 2.39. The lowest BCUT2D eigenvalue weighted by molar-refractivity contribution is -0.117. The van der Waals surface area contributed by atoms with Crippen LogP contribution in [-0.2, 0) is 11.2 Å². The van der Waals surface area contributed by atoms with Gasteiger partial charge in [0, 0.05) is 11.3 Å². The van der Waals surface area contributed by atoms with Gasteiger partial charge in [-0.1, -0.05) is 12.1 Å². The van der Waals surface area contributed by atoms with E-state index in [0.717, 1.165) is 5.56 Å². The molecule has 0 heterocycles. The number of rotatable bonds is 7. The first-order valence-corrected chi connectivity index (χ1v) is 7.53. The minimum Gasteiger partial charge on any atom is -0.493 e. The molecule has 2 aromatic rings. The fourth-order valence-corrected chi connectivity index (χ4v) is 2.19. The van der Waals surface area contributed by atoms with Crippen LogP contribution in [0.3, 0.4) is 0 Å². The van der Waals surface area contributed by atoms with Crippen molar-refractivity contribution in [3.05, 3.63) is 53.6 Å². The fourth-order valence-electron chi connectivity index (χ4n) is 2.19. The van der Waals surface area contributed by atoms with Crippen molar-refractivity contribution in [3.8, 4) is 11.5 Å². The number of methoxy groups -OCH3 is 1. The van der Waals surface area contributed by atoms with Crippen LogP contribution in [0, 0.1) is 0 Å². The molecule has 6 nitrogen and oxygen atoms in total. The quantitative estimate of drug-likeness (QED) is 0.816. The third kappa shape index (κ3) is 4.49. The molecule has 0 spiro atoms. The Balaban J connectivity index is 2.10. The molecule has 0 fully saturated rings. The summed E-state index contributed by atoms with van der Waals surface area (Å²) < 4.78 is 10.7. The van der Waals surface area contributed by atoms with Gasteiger partial charge in [0.1, 0.15) is 0 Å². The molecule has 0 aromatic heterocycles. The first kappa shape index (κ1) is 17.3. The average Bonchev–Trinajstić information content (AvgIpc) is 2.56. The van der Waals surface area contributed by atoms with Gasteiger partial charge >= 0.3 is 0 Å². The van der Waals surface area contributed by atoms with E-state index in [1.165, 1.54) is 7.11 Å². The van der Waals surface area contributed by atoms with Gasteiger partial charge in [0.2, 0.25) is 5.91 Å². The maximum absolute atomic E-state index is 12.3. The van der Waals surface area contributed by atoms with Gasteiger partial charge in [-0.3, -0.25) is 9.59 Å². The fraction of sp³-hybridized carbons (Fsp3) is 0.222. The van der Waals surface area contributed by atoms with E-state index in [0.29, 0.717) is 29.4 Å². The van der Waals surface area contributed by atoms with E-state index in [-0.39, 0.29) is 12.3 Å². The Bertz CT molecular complexity index is 726. The Morgan fingerprint density at radius 2 is 1.79 bits per heavy atom. The topological polar surface area (TPSA) is 90.6 Å². The molecule has 0 aliphatic heterocycles. The van der Waals surface area contributed by atoms with Crippen LogP contribution >= 0.6 is 0 Å². The van der Waals surface area contributed by atoms with E-state index in [1.807, 2.05) is 6.92 Å². The zero-order valence-electron chi connectivity index (χ0n) is 13.7. The second-order valence-corrected chi connectivity index (χ2v) is 5.09. The molecule has 6 heteroatoms. The molecule has 24 heavy (non-hydrogen) atoms. The Morgan fingerprint density at radius 3 is 2.38 bits per heavy atom. The van der Waals surface area contributed by atoms with Crippen LogP contribution in [0.1, 0.15) is 22.8 Å². The summed E-state index contributed by atoms with van der Waals surface area (Å²) >= 11 is 0. The molecule has 2 amide bonds. The largest absolute Gasteiger partial charge is 0.493 e. The van der Waals surface area contributed by atoms with Gasteiger partial charge in [-0.15, -0.1) is 0 Å². The molecule has 0 saturated carbocycles. The Hall–Kier alpha value is -3.02. The highest BCUT2D eigenvalue weighted by atomic mass is 16.5. The zero-order chi connectivity index (χ0) is 17.5. The Kier molecular flexibility index (Phi) is 5.78. The number of ether oxygens (including phenoxy) is 2. The highest BCUT2D eigenvalue weighted by Gasteiger charge is 2.11. The summed E-state index contributed by atoms with van der Waals surface area (Å²) in [5, 5.41) is 2.79. The van der Waals surface area contributed by atoms with Crippen LogP contribution < -0.4 is 20.5 Å². The summed E-state index contributed by atoms with van der Waals surface area (Å²) in [4.78, 5) is 23.2. The summed E-state index contributed by atoms with van der Waals surface area (Å²) in [7, 11) is 1.52. The highest BCUT2D eigenvalue weighted by Crippen LogP contribution is 2.28. The molecule has 0 aliphatic carbocycles. The molecular formula is C18H20N2O4. The number of hydrogen-bond acceptors (Lipinski definition) is 4. The van der Waals surface area contributed by atoms with Gasteiger partial charge < -0.3 is 20.5 Å². The van der Waals surface area contributed by atoms with Crippen molar-refractivity contribution in [2.24, 2.45) is 5.73 Å². The highest BCUT2D eigenvalue weighted by molar-refractivity contribution is 6.04. The van der Waals surface area contributed by atoms with Gasteiger partial charge in [0.05, 0.1) is 20.1 Å². The zero-order valence-corrected chi connectivity index (χ0v) is 13.7. The van der Waals surface area contributed by atoms with Crippen molar-refractivity contribution in [2.45, 2.75) is 13.3 Å². The SMILES string of the molecule is CCOc1ccc(C(=O)Nc2ccc(CC(N)=O)cc2)cc1OC. The number of nitrogens with one attached hydrogen (secondary N) is 1. The number of primary amides is 1. The van der Waals surface area contributed by atoms with E-state index < -0.39 is 5.91 Å². The molecule has 0 atom stereocenters. The van der Waals surface area contributed by atoms with Crippen molar-refractivity contribution in [3.63, 3.8) is 0 Å². The van der Waals surface area contributed by atoms with Crippen LogP contribution in [0.25, 0.3) is 0 Å². The average molecular weight is 328 g/mol. The standard InChI is InChI=1S/C18H20N2O4/c1-3-24-15-9-6-13(11-16(15)23-2)18(22)20-14-7-4-12(5-8-14)10-17(19)21/h4-9,11H,3,10H2,1-2H3,(H2,19,21)(H,20,22). The predicted molar refractivity (Wildman–Crippen MR) is 91.5 cm³/mol. The second kappa shape index (κ2) is 8.01. The number of hydrogen-bond donors (Lipinski definition) is 2. The van der Waals surface area contributed by atoms with Crippen molar-refractivity contribution in [1.82, 2.24) is 0 Å². The number of benzene rings is 2. The number of carbonyl (C=O) groups is 2. The molecule has 0 saturated heterocycles. The molecule has 2 rings (SSSR count). The van der Waals surface area contributed by atoms with E-state index in [9.17, 15) is 9.59 Å². The molecule has 3 N–H and O–H groups in total. The van der Waals surface area contributed by atoms with Crippen molar-refractivity contribution in [2.75, 3.05) is 19.0 Å². The van der Waals surface area contributed by atoms with E-state index in [4.69, 9.17) is 15.2 Å². The van der Waals surface area contributed by atoms with Crippen molar-refractivity contribution >= 4 is 17.5 Å². The number of anilines is 1. The Labute approximate surface area is 140 Å². The molecule has 2 aromatic carbocycles. The summed E-state index contributed by atoms with van der Waals surface area (Å²) in [5.74, 6) is 0.431. The van der Waals surface area contributed by atoms with Crippen molar-refractivity contribution < 1.29 is 19.1 Å². The van der Waals surface area contributed by atoms with Crippen molar-refractivity contribution in [1.29, 1.82) is 0 Å². The third-order valence-electron chi connectivity index (χ3n) is 3.32. The molecule has 0 bridgehead atoms. The van der Waals surface area contributed by atoms with E-state index >= 15 is 0 Å². The van der Waals surface area contributed by atoms with Gasteiger partial charge in [-0.05, 0) is 42.8 Å². The third-order valence-corrected chi connectivity index (χ3v) is 3.32.